The number of nitrogens with zero attached hydrogens (tertiary/aromatic N) is 2. The molecular formula is C27H23ClN2O4S. The van der Waals surface area contributed by atoms with Gasteiger partial charge < -0.3 is 5.11 Å². The number of aliphatic carboxylic acids is 1. The van der Waals surface area contributed by atoms with Gasteiger partial charge in [0.05, 0.1) is 15.6 Å². The zero-order valence-electron chi connectivity index (χ0n) is 19.1. The van der Waals surface area contributed by atoms with Crippen molar-refractivity contribution >= 4 is 33.5 Å². The van der Waals surface area contributed by atoms with Crippen molar-refractivity contribution in [2.24, 2.45) is 0 Å². The van der Waals surface area contributed by atoms with E-state index in [1.54, 1.807) is 42.7 Å². The number of hydrogen-bond acceptors (Lipinski definition) is 5. The number of sulfone groups is 1. The summed E-state index contributed by atoms with van der Waals surface area (Å²) in [5.41, 5.74) is 5.11. The van der Waals surface area contributed by atoms with Gasteiger partial charge in [0.2, 0.25) is 0 Å². The predicted molar refractivity (Wildman–Crippen MR) is 139 cm³/mol. The van der Waals surface area contributed by atoms with Crippen molar-refractivity contribution < 1.29 is 18.3 Å². The number of benzene rings is 2. The van der Waals surface area contributed by atoms with E-state index in [2.05, 4.69) is 9.97 Å². The van der Waals surface area contributed by atoms with Crippen molar-refractivity contribution in [2.75, 3.05) is 6.26 Å². The van der Waals surface area contributed by atoms with Crippen LogP contribution in [-0.2, 0) is 14.6 Å². The van der Waals surface area contributed by atoms with Crippen molar-refractivity contribution in [3.8, 4) is 22.4 Å². The largest absolute Gasteiger partial charge is 0.478 e. The second-order valence-corrected chi connectivity index (χ2v) is 10.1. The van der Waals surface area contributed by atoms with Gasteiger partial charge in [0.15, 0.2) is 9.84 Å². The van der Waals surface area contributed by atoms with Gasteiger partial charge in [-0.2, -0.15) is 0 Å². The van der Waals surface area contributed by atoms with Crippen molar-refractivity contribution in [1.82, 2.24) is 9.97 Å². The summed E-state index contributed by atoms with van der Waals surface area (Å²) in [5.74, 6) is -0.922. The van der Waals surface area contributed by atoms with Gasteiger partial charge in [0.1, 0.15) is 0 Å². The zero-order chi connectivity index (χ0) is 25.4. The molecule has 35 heavy (non-hydrogen) atoms. The fourth-order valence-electron chi connectivity index (χ4n) is 3.11. The first kappa shape index (κ1) is 25.8. The van der Waals surface area contributed by atoms with E-state index in [-0.39, 0.29) is 4.90 Å². The Kier molecular flexibility index (Phi) is 8.52. The van der Waals surface area contributed by atoms with Gasteiger partial charge in [-0.05, 0) is 54.5 Å². The number of carbonyl (C=O) groups is 1. The van der Waals surface area contributed by atoms with Gasteiger partial charge in [0.25, 0.3) is 0 Å². The minimum absolute atomic E-state index is 0.278. The number of hydrogen-bond donors (Lipinski definition) is 1. The number of aryl methyl sites for hydroxylation is 1. The lowest BCUT2D eigenvalue weighted by Gasteiger charge is -2.10. The highest BCUT2D eigenvalue weighted by Crippen LogP contribution is 2.32. The average Bonchev–Trinajstić information content (AvgIpc) is 2.84. The maximum Gasteiger partial charge on any atom is 0.328 e. The molecule has 2 heterocycles. The molecule has 0 aliphatic rings. The molecule has 0 aliphatic carbocycles. The van der Waals surface area contributed by atoms with Crippen LogP contribution in [0.3, 0.4) is 0 Å². The van der Waals surface area contributed by atoms with E-state index in [1.165, 1.54) is 6.26 Å². The molecule has 0 amide bonds. The Bertz CT molecular complexity index is 1440. The molecule has 178 valence electrons. The second-order valence-electron chi connectivity index (χ2n) is 7.62. The number of carboxylic acids is 1. The highest BCUT2D eigenvalue weighted by atomic mass is 35.5. The summed E-state index contributed by atoms with van der Waals surface area (Å²) in [5, 5.41) is 8.80. The summed E-state index contributed by atoms with van der Waals surface area (Å²) in [7, 11) is -3.23. The Labute approximate surface area is 209 Å². The van der Waals surface area contributed by atoms with Crippen LogP contribution < -0.4 is 0 Å². The summed E-state index contributed by atoms with van der Waals surface area (Å²) in [6, 6.07) is 21.7. The Morgan fingerprint density at radius 1 is 0.914 bits per heavy atom. The summed E-state index contributed by atoms with van der Waals surface area (Å²) < 4.78 is 23.2. The van der Waals surface area contributed by atoms with Gasteiger partial charge in [-0.15, -0.1) is 0 Å². The first-order valence-corrected chi connectivity index (χ1v) is 12.8. The Hall–Kier alpha value is -3.81. The van der Waals surface area contributed by atoms with Crippen LogP contribution >= 0.6 is 11.6 Å². The smallest absolute Gasteiger partial charge is 0.328 e. The lowest BCUT2D eigenvalue weighted by atomic mass is 10.0. The highest BCUT2D eigenvalue weighted by molar-refractivity contribution is 7.90. The van der Waals surface area contributed by atoms with E-state index in [9.17, 15) is 13.2 Å². The number of carboxylic acid groups (broad SMARTS) is 1. The standard InChI is InChI=1S/C18H15ClN2O2S.C9H8O2/c1-12-3-4-14(10-20-12)18-17(9-15(19)11-21-18)13-5-7-16(8-6-13)24(2,22)23;10-9(11)7-6-8-4-2-1-3-5-8/h3-11H,1-2H3;1-7H,(H,10,11). The molecule has 0 unspecified atom stereocenters. The summed E-state index contributed by atoms with van der Waals surface area (Å²) in [4.78, 5) is 19.1. The molecule has 0 bridgehead atoms. The van der Waals surface area contributed by atoms with Crippen LogP contribution in [0.5, 0.6) is 0 Å². The van der Waals surface area contributed by atoms with Gasteiger partial charge in [-0.3, -0.25) is 9.97 Å². The normalized spacial score (nSPS) is 11.1. The quantitative estimate of drug-likeness (QED) is 0.335. The molecule has 6 nitrogen and oxygen atoms in total. The monoisotopic (exact) mass is 506 g/mol. The Morgan fingerprint density at radius 3 is 2.14 bits per heavy atom. The van der Waals surface area contributed by atoms with Gasteiger partial charge in [-0.1, -0.05) is 54.1 Å². The first-order valence-electron chi connectivity index (χ1n) is 10.5. The maximum absolute atomic E-state index is 11.6. The topological polar surface area (TPSA) is 97.2 Å². The third-order valence-electron chi connectivity index (χ3n) is 4.85. The SMILES string of the molecule is Cc1ccc(-c2ncc(Cl)cc2-c2ccc(S(C)(=O)=O)cc2)cn1.O=C(O)C=Cc1ccccc1. The minimum atomic E-state index is -3.23. The first-order chi connectivity index (χ1) is 16.6. The predicted octanol–water partition coefficient (Wildman–Crippen LogP) is 5.96. The minimum Gasteiger partial charge on any atom is -0.478 e. The second kappa shape index (κ2) is 11.6. The van der Waals surface area contributed by atoms with Gasteiger partial charge >= 0.3 is 5.97 Å². The zero-order valence-corrected chi connectivity index (χ0v) is 20.7. The summed E-state index contributed by atoms with van der Waals surface area (Å²) >= 11 is 6.11. The van der Waals surface area contributed by atoms with Crippen LogP contribution in [0, 0.1) is 6.92 Å². The third-order valence-corrected chi connectivity index (χ3v) is 6.19. The van der Waals surface area contributed by atoms with E-state index in [4.69, 9.17) is 16.7 Å². The van der Waals surface area contributed by atoms with Crippen LogP contribution in [0.4, 0.5) is 0 Å². The molecule has 0 atom stereocenters. The van der Waals surface area contributed by atoms with Crippen LogP contribution in [0.25, 0.3) is 28.5 Å². The number of pyridine rings is 2. The lowest BCUT2D eigenvalue weighted by Crippen LogP contribution is -1.97. The molecule has 0 saturated carbocycles. The molecular weight excluding hydrogens is 484 g/mol. The van der Waals surface area contributed by atoms with Crippen molar-refractivity contribution in [1.29, 1.82) is 0 Å². The van der Waals surface area contributed by atoms with E-state index in [1.807, 2.05) is 55.5 Å². The van der Waals surface area contributed by atoms with Crippen LogP contribution in [0.2, 0.25) is 5.02 Å². The molecule has 0 aliphatic heterocycles. The molecule has 0 fully saturated rings. The van der Waals surface area contributed by atoms with E-state index in [0.717, 1.165) is 39.7 Å². The molecule has 8 heteroatoms. The maximum atomic E-state index is 11.6. The lowest BCUT2D eigenvalue weighted by molar-refractivity contribution is -0.131. The van der Waals surface area contributed by atoms with Gasteiger partial charge in [0, 0.05) is 41.5 Å². The Morgan fingerprint density at radius 2 is 1.57 bits per heavy atom. The third kappa shape index (κ3) is 7.60. The molecule has 0 radical (unpaired) electrons. The van der Waals surface area contributed by atoms with Crippen LogP contribution in [0.15, 0.2) is 96.2 Å². The fraction of sp³-hybridized carbons (Fsp3) is 0.0741. The number of aromatic nitrogens is 2. The van der Waals surface area contributed by atoms with Crippen LogP contribution in [-0.4, -0.2) is 35.7 Å². The van der Waals surface area contributed by atoms with Crippen molar-refractivity contribution in [3.63, 3.8) is 0 Å². The molecule has 1 N–H and O–H groups in total. The highest BCUT2D eigenvalue weighted by Gasteiger charge is 2.12. The van der Waals surface area contributed by atoms with Crippen molar-refractivity contribution in [3.05, 3.63) is 108 Å². The van der Waals surface area contributed by atoms with Crippen molar-refractivity contribution in [2.45, 2.75) is 11.8 Å². The molecule has 2 aromatic heterocycles. The fourth-order valence-corrected chi connectivity index (χ4v) is 3.90. The Balaban J connectivity index is 0.000000261. The molecule has 4 aromatic rings. The molecule has 0 saturated heterocycles. The average molecular weight is 507 g/mol. The molecule has 4 rings (SSSR count). The number of halogens is 1. The summed E-state index contributed by atoms with van der Waals surface area (Å²) in [6.45, 7) is 1.92. The van der Waals surface area contributed by atoms with E-state index in [0.29, 0.717) is 5.02 Å². The van der Waals surface area contributed by atoms with E-state index < -0.39 is 15.8 Å². The number of rotatable bonds is 5. The van der Waals surface area contributed by atoms with Gasteiger partial charge in [-0.25, -0.2) is 13.2 Å². The molecule has 2 aromatic carbocycles. The summed E-state index contributed by atoms with van der Waals surface area (Å²) in [6.07, 6.45) is 7.22. The molecule has 0 spiro atoms. The van der Waals surface area contributed by atoms with E-state index >= 15 is 0 Å². The van der Waals surface area contributed by atoms with Crippen LogP contribution in [0.1, 0.15) is 11.3 Å².